The molecular weight excluding hydrogens is 444 g/mol. The minimum Gasteiger partial charge on any atom is -0.495 e. The van der Waals surface area contributed by atoms with Crippen molar-refractivity contribution in [1.82, 2.24) is 5.32 Å². The number of hydrogen-bond donors (Lipinski definition) is 2. The Morgan fingerprint density at radius 3 is 2.55 bits per heavy atom. The first-order valence-electron chi connectivity index (χ1n) is 9.38. The number of nitriles is 1. The number of nitrogens with one attached hydrogen (secondary N) is 1. The molecule has 166 valence electrons. The average Bonchev–Trinajstić information content (AvgIpc) is 2.71. The van der Waals surface area contributed by atoms with Crippen LogP contribution in [0.1, 0.15) is 59.8 Å². The lowest BCUT2D eigenvalue weighted by molar-refractivity contribution is -0.118. The number of hydrogen-bond acceptors (Lipinski definition) is 5. The van der Waals surface area contributed by atoms with Gasteiger partial charge in [-0.15, -0.1) is 12.4 Å². The van der Waals surface area contributed by atoms with Crippen LogP contribution in [-0.2, 0) is 4.79 Å². The number of halogens is 3. The lowest BCUT2D eigenvalue weighted by atomic mass is 9.95. The average molecular weight is 468 g/mol. The fraction of sp³-hybridized carbons (Fsp3) is 0.318. The molecular formula is C22H24Cl2FN3O3. The fourth-order valence-corrected chi connectivity index (χ4v) is 3.48. The maximum absolute atomic E-state index is 15.4. The molecule has 0 aliphatic rings. The first kappa shape index (κ1) is 26.4. The first-order valence-corrected chi connectivity index (χ1v) is 9.76. The molecule has 0 aliphatic carbocycles. The second-order valence-corrected chi connectivity index (χ2v) is 7.29. The highest BCUT2D eigenvalue weighted by molar-refractivity contribution is 6.35. The summed E-state index contributed by atoms with van der Waals surface area (Å²) in [7, 11) is 1.38. The molecule has 0 aliphatic heterocycles. The predicted molar refractivity (Wildman–Crippen MR) is 119 cm³/mol. The normalized spacial score (nSPS) is 12.3. The molecule has 2 aromatic carbocycles. The molecule has 6 nitrogen and oxygen atoms in total. The van der Waals surface area contributed by atoms with Crippen molar-refractivity contribution in [2.75, 3.05) is 7.11 Å². The van der Waals surface area contributed by atoms with E-state index < -0.39 is 23.5 Å². The second kappa shape index (κ2) is 11.7. The van der Waals surface area contributed by atoms with Crippen molar-refractivity contribution >= 4 is 35.7 Å². The lowest BCUT2D eigenvalue weighted by Gasteiger charge is -2.23. The van der Waals surface area contributed by atoms with Crippen LogP contribution in [-0.4, -0.2) is 24.8 Å². The molecule has 3 N–H and O–H groups in total. The maximum Gasteiger partial charge on any atom is 0.218 e. The molecule has 2 aromatic rings. The van der Waals surface area contributed by atoms with Crippen molar-refractivity contribution in [3.8, 4) is 11.8 Å². The minimum absolute atomic E-state index is 0. The molecule has 2 rings (SSSR count). The molecule has 0 unspecified atom stereocenters. The summed E-state index contributed by atoms with van der Waals surface area (Å²) in [6.07, 6.45) is 0.614. The summed E-state index contributed by atoms with van der Waals surface area (Å²) in [5.41, 5.74) is 5.63. The number of nitrogens with two attached hydrogens (primary N) is 1. The van der Waals surface area contributed by atoms with Crippen LogP contribution in [0, 0.1) is 17.1 Å². The third-order valence-corrected chi connectivity index (χ3v) is 5.02. The SMILES string of the molecule is CC[C@@H](N[C@H](C)CC(N)=O)c1ccc(Cl)c(C(=O)c2ccc(C#N)c(OC)c2)c1F.Cl. The van der Waals surface area contributed by atoms with E-state index >= 15 is 4.39 Å². The summed E-state index contributed by atoms with van der Waals surface area (Å²) >= 11 is 6.17. The maximum atomic E-state index is 15.4. The van der Waals surface area contributed by atoms with E-state index in [0.29, 0.717) is 6.42 Å². The number of rotatable bonds is 9. The zero-order valence-electron chi connectivity index (χ0n) is 17.4. The van der Waals surface area contributed by atoms with Gasteiger partial charge in [-0.3, -0.25) is 9.59 Å². The Morgan fingerprint density at radius 1 is 1.32 bits per heavy atom. The molecule has 0 spiro atoms. The Bertz CT molecular complexity index is 1010. The summed E-state index contributed by atoms with van der Waals surface area (Å²) in [5, 5.41) is 12.2. The fourth-order valence-electron chi connectivity index (χ4n) is 3.25. The molecule has 1 amide bonds. The standard InChI is InChI=1S/C22H23ClFN3O3.ClH/c1-4-17(27-12(2)9-19(26)28)15-7-8-16(23)20(21(15)24)22(29)13-5-6-14(11-25)18(10-13)30-3;/h5-8,10,12,17,27H,4,9H2,1-3H3,(H2,26,28);1H/t12-,17-;/m1./s1. The second-order valence-electron chi connectivity index (χ2n) is 6.88. The van der Waals surface area contributed by atoms with Gasteiger partial charge in [0.2, 0.25) is 5.91 Å². The Labute approximate surface area is 191 Å². The molecule has 0 saturated carbocycles. The van der Waals surface area contributed by atoms with Gasteiger partial charge in [-0.05, 0) is 37.6 Å². The van der Waals surface area contributed by atoms with Crippen LogP contribution in [0.25, 0.3) is 0 Å². The van der Waals surface area contributed by atoms with E-state index in [2.05, 4.69) is 5.32 Å². The zero-order valence-corrected chi connectivity index (χ0v) is 18.9. The van der Waals surface area contributed by atoms with Gasteiger partial charge in [0, 0.05) is 29.6 Å². The van der Waals surface area contributed by atoms with Crippen LogP contribution in [0.4, 0.5) is 4.39 Å². The summed E-state index contributed by atoms with van der Waals surface area (Å²) in [5.74, 6) is -1.61. The molecule has 0 aromatic heterocycles. The van der Waals surface area contributed by atoms with Crippen LogP contribution in [0.2, 0.25) is 5.02 Å². The number of methoxy groups -OCH3 is 1. The van der Waals surface area contributed by atoms with Crippen LogP contribution < -0.4 is 15.8 Å². The predicted octanol–water partition coefficient (Wildman–Crippen LogP) is 4.32. The van der Waals surface area contributed by atoms with Gasteiger partial charge in [0.25, 0.3) is 0 Å². The Balaban J connectivity index is 0.00000480. The number of ketones is 1. The van der Waals surface area contributed by atoms with E-state index in [9.17, 15) is 9.59 Å². The summed E-state index contributed by atoms with van der Waals surface area (Å²) in [6, 6.07) is 8.47. The highest BCUT2D eigenvalue weighted by atomic mass is 35.5. The number of primary amides is 1. The number of carbonyl (C=O) groups is 2. The number of carbonyl (C=O) groups excluding carboxylic acids is 2. The highest BCUT2D eigenvalue weighted by Crippen LogP contribution is 2.31. The third-order valence-electron chi connectivity index (χ3n) is 4.71. The molecule has 0 bridgehead atoms. The third kappa shape index (κ3) is 6.17. The number of ether oxygens (including phenoxy) is 1. The molecule has 2 atom stereocenters. The molecule has 0 heterocycles. The monoisotopic (exact) mass is 467 g/mol. The van der Waals surface area contributed by atoms with Crippen molar-refractivity contribution in [2.45, 2.75) is 38.8 Å². The molecule has 9 heteroatoms. The quantitative estimate of drug-likeness (QED) is 0.534. The van der Waals surface area contributed by atoms with Gasteiger partial charge in [-0.25, -0.2) is 4.39 Å². The van der Waals surface area contributed by atoms with Crippen LogP contribution in [0.5, 0.6) is 5.75 Å². The van der Waals surface area contributed by atoms with Crippen LogP contribution in [0.15, 0.2) is 30.3 Å². The first-order chi connectivity index (χ1) is 14.2. The van der Waals surface area contributed by atoms with E-state index in [-0.39, 0.29) is 57.9 Å². The van der Waals surface area contributed by atoms with Gasteiger partial charge < -0.3 is 15.8 Å². The smallest absolute Gasteiger partial charge is 0.218 e. The minimum atomic E-state index is -0.735. The van der Waals surface area contributed by atoms with Crippen molar-refractivity contribution in [3.05, 3.63) is 63.4 Å². The van der Waals surface area contributed by atoms with Gasteiger partial charge in [0.05, 0.1) is 23.3 Å². The number of benzene rings is 2. The lowest BCUT2D eigenvalue weighted by Crippen LogP contribution is -2.34. The van der Waals surface area contributed by atoms with E-state index in [1.807, 2.05) is 13.0 Å². The topological polar surface area (TPSA) is 105 Å². The van der Waals surface area contributed by atoms with Crippen molar-refractivity contribution in [2.24, 2.45) is 5.73 Å². The largest absolute Gasteiger partial charge is 0.495 e. The van der Waals surface area contributed by atoms with E-state index in [0.717, 1.165) is 0 Å². The Morgan fingerprint density at radius 2 is 2.00 bits per heavy atom. The summed E-state index contributed by atoms with van der Waals surface area (Å²) in [4.78, 5) is 24.2. The van der Waals surface area contributed by atoms with Gasteiger partial charge in [-0.1, -0.05) is 24.6 Å². The van der Waals surface area contributed by atoms with Gasteiger partial charge in [0.1, 0.15) is 17.6 Å². The van der Waals surface area contributed by atoms with Gasteiger partial charge in [-0.2, -0.15) is 5.26 Å². The Hall–Kier alpha value is -2.66. The number of nitrogens with zero attached hydrogens (tertiary/aromatic N) is 1. The zero-order chi connectivity index (χ0) is 22.4. The molecule has 0 saturated heterocycles. The molecule has 0 radical (unpaired) electrons. The summed E-state index contributed by atoms with van der Waals surface area (Å²) < 4.78 is 20.6. The van der Waals surface area contributed by atoms with E-state index in [1.54, 1.807) is 6.92 Å². The van der Waals surface area contributed by atoms with Crippen molar-refractivity contribution in [3.63, 3.8) is 0 Å². The summed E-state index contributed by atoms with van der Waals surface area (Å²) in [6.45, 7) is 3.63. The molecule has 31 heavy (non-hydrogen) atoms. The molecule has 0 fully saturated rings. The van der Waals surface area contributed by atoms with Crippen molar-refractivity contribution in [1.29, 1.82) is 5.26 Å². The highest BCUT2D eigenvalue weighted by Gasteiger charge is 2.25. The van der Waals surface area contributed by atoms with Gasteiger partial charge >= 0.3 is 0 Å². The van der Waals surface area contributed by atoms with E-state index in [4.69, 9.17) is 27.3 Å². The van der Waals surface area contributed by atoms with Crippen LogP contribution >= 0.6 is 24.0 Å². The van der Waals surface area contributed by atoms with Crippen LogP contribution in [0.3, 0.4) is 0 Å². The Kier molecular flexibility index (Phi) is 9.92. The number of amides is 1. The van der Waals surface area contributed by atoms with E-state index in [1.165, 1.54) is 37.4 Å². The van der Waals surface area contributed by atoms with Crippen molar-refractivity contribution < 1.29 is 18.7 Å². The van der Waals surface area contributed by atoms with Gasteiger partial charge in [0.15, 0.2) is 5.78 Å².